The molecule has 16 heteroatoms. The van der Waals surface area contributed by atoms with E-state index < -0.39 is 61.3 Å². The molecule has 3 aromatic carbocycles. The van der Waals surface area contributed by atoms with Gasteiger partial charge in [0.05, 0.1) is 46.2 Å². The molecule has 0 bridgehead atoms. The van der Waals surface area contributed by atoms with E-state index in [1.54, 1.807) is 19.2 Å². The van der Waals surface area contributed by atoms with Crippen LogP contribution >= 0.6 is 0 Å². The summed E-state index contributed by atoms with van der Waals surface area (Å²) in [5, 5.41) is 29.8. The van der Waals surface area contributed by atoms with Gasteiger partial charge in [0, 0.05) is 16.9 Å². The summed E-state index contributed by atoms with van der Waals surface area (Å²) in [4.78, 5) is 5.90. The molecular formula is C35H42N6O10. The highest BCUT2D eigenvalue weighted by molar-refractivity contribution is 5.26. The highest BCUT2D eigenvalue weighted by Crippen LogP contribution is 2.34. The average molecular weight is 707 g/mol. The highest BCUT2D eigenvalue weighted by atomic mass is 16.7. The van der Waals surface area contributed by atoms with Gasteiger partial charge < -0.3 is 48.1 Å². The van der Waals surface area contributed by atoms with Crippen molar-refractivity contribution in [3.05, 3.63) is 123 Å². The van der Waals surface area contributed by atoms with Gasteiger partial charge in [-0.2, -0.15) is 0 Å². The Morgan fingerprint density at radius 3 is 1.76 bits per heavy atom. The van der Waals surface area contributed by atoms with Crippen LogP contribution in [0.15, 0.2) is 95.2 Å². The molecule has 2 fully saturated rings. The molecule has 0 aromatic heterocycles. The summed E-state index contributed by atoms with van der Waals surface area (Å²) < 4.78 is 48.2. The number of methoxy groups -OCH3 is 2. The van der Waals surface area contributed by atoms with Crippen LogP contribution in [0.1, 0.15) is 16.7 Å². The van der Waals surface area contributed by atoms with E-state index in [1.807, 2.05) is 72.8 Å². The predicted octanol–water partition coefficient (Wildman–Crippen LogP) is 4.58. The summed E-state index contributed by atoms with van der Waals surface area (Å²) in [5.74, 6) is 0.662. The number of hydrogen-bond donors (Lipinski definition) is 2. The van der Waals surface area contributed by atoms with Crippen LogP contribution in [0.3, 0.4) is 0 Å². The fourth-order valence-electron chi connectivity index (χ4n) is 5.91. The fraction of sp³-hybridized carbons (Fsp3) is 0.486. The van der Waals surface area contributed by atoms with Gasteiger partial charge >= 0.3 is 0 Å². The van der Waals surface area contributed by atoms with Gasteiger partial charge in [-0.3, -0.25) is 0 Å². The first kappa shape index (κ1) is 38.0. The van der Waals surface area contributed by atoms with Crippen molar-refractivity contribution in [1.82, 2.24) is 0 Å². The molecule has 0 amide bonds. The van der Waals surface area contributed by atoms with Gasteiger partial charge in [0.1, 0.15) is 48.4 Å². The van der Waals surface area contributed by atoms with Crippen molar-refractivity contribution < 1.29 is 48.1 Å². The van der Waals surface area contributed by atoms with Gasteiger partial charge in [-0.25, -0.2) is 0 Å². The third-order valence-corrected chi connectivity index (χ3v) is 8.57. The van der Waals surface area contributed by atoms with E-state index in [0.29, 0.717) is 5.75 Å². The van der Waals surface area contributed by atoms with E-state index >= 15 is 0 Å². The van der Waals surface area contributed by atoms with Gasteiger partial charge in [-0.1, -0.05) is 83.0 Å². The van der Waals surface area contributed by atoms with Crippen LogP contribution in [-0.2, 0) is 53.0 Å². The molecule has 2 aliphatic rings. The molecule has 51 heavy (non-hydrogen) atoms. The number of nitrogens with zero attached hydrogens (tertiary/aromatic N) is 6. The van der Waals surface area contributed by atoms with Crippen LogP contribution < -0.4 is 4.74 Å². The zero-order chi connectivity index (χ0) is 36.0. The zero-order valence-corrected chi connectivity index (χ0v) is 28.2. The van der Waals surface area contributed by atoms with E-state index in [0.717, 1.165) is 16.7 Å². The summed E-state index contributed by atoms with van der Waals surface area (Å²) in [5.41, 5.74) is 21.6. The monoisotopic (exact) mass is 706 g/mol. The quantitative estimate of drug-likeness (QED) is 0.113. The first-order chi connectivity index (χ1) is 24.9. The van der Waals surface area contributed by atoms with Crippen LogP contribution in [0.25, 0.3) is 20.9 Å². The van der Waals surface area contributed by atoms with Crippen molar-refractivity contribution in [3.8, 4) is 5.75 Å². The van der Waals surface area contributed by atoms with E-state index in [2.05, 4.69) is 20.1 Å². The molecule has 2 aliphatic heterocycles. The summed E-state index contributed by atoms with van der Waals surface area (Å²) in [6, 6.07) is 23.7. The average Bonchev–Trinajstić information content (AvgIpc) is 3.16. The van der Waals surface area contributed by atoms with Gasteiger partial charge in [0.2, 0.25) is 0 Å². The van der Waals surface area contributed by atoms with Gasteiger partial charge in [-0.15, -0.1) is 0 Å². The van der Waals surface area contributed by atoms with Crippen molar-refractivity contribution in [2.45, 2.75) is 81.1 Å². The van der Waals surface area contributed by atoms with Crippen molar-refractivity contribution in [2.24, 2.45) is 10.2 Å². The maximum atomic E-state index is 11.2. The number of benzene rings is 3. The third-order valence-electron chi connectivity index (χ3n) is 8.57. The summed E-state index contributed by atoms with van der Waals surface area (Å²) in [6.07, 6.45) is -9.65. The molecule has 272 valence electrons. The third kappa shape index (κ3) is 10.2. The Kier molecular flexibility index (Phi) is 14.4. The molecular weight excluding hydrogens is 664 g/mol. The lowest BCUT2D eigenvalue weighted by molar-refractivity contribution is -0.333. The molecule has 16 nitrogen and oxygen atoms in total. The second kappa shape index (κ2) is 19.4. The molecule has 2 saturated heterocycles. The lowest BCUT2D eigenvalue weighted by Gasteiger charge is -2.47. The maximum absolute atomic E-state index is 11.2. The van der Waals surface area contributed by atoms with Crippen molar-refractivity contribution >= 4 is 0 Å². The molecule has 0 unspecified atom stereocenters. The smallest absolute Gasteiger partial charge is 0.169 e. The summed E-state index contributed by atoms with van der Waals surface area (Å²) in [6.45, 7) is 0.376. The van der Waals surface area contributed by atoms with E-state index in [1.165, 1.54) is 7.11 Å². The molecule has 0 spiro atoms. The van der Waals surface area contributed by atoms with Gasteiger partial charge in [-0.05, 0) is 39.9 Å². The van der Waals surface area contributed by atoms with E-state index in [9.17, 15) is 21.3 Å². The molecule has 0 saturated carbocycles. The Labute approximate surface area is 295 Å². The molecule has 10 atom stereocenters. The second-order valence-electron chi connectivity index (χ2n) is 11.9. The van der Waals surface area contributed by atoms with Crippen molar-refractivity contribution in [1.29, 1.82) is 0 Å². The standard InChI is InChI=1S/C35H42N6O10/c1-44-25-15-13-24(14-16-25)19-48-33-29(39-41-37)34(45-2)50-27(21-47-18-23-11-7-4-8-12-23)32(33)51-35-28(38-40-36)31(43)30(42)26(49-35)20-46-17-22-9-5-3-6-10-22/h3-16,26-35,42-43H,17-21H2,1-2H3/t26-,27-,28-,29-,30+,31-,32+,33-,34+,35-/m1/s1. The SMILES string of the molecule is COc1ccc(CO[C@@H]2[C@@H](N=[N+]=[N-])[C@@H](OC)O[C@H](COCc3ccccc3)[C@@H]2O[C@H]2O[C@H](COCc3ccccc3)[C@H](O)[C@H](O)[C@H]2N=[N+]=[N-])cc1. The summed E-state index contributed by atoms with van der Waals surface area (Å²) >= 11 is 0. The van der Waals surface area contributed by atoms with E-state index in [-0.39, 0.29) is 33.0 Å². The Hall–Kier alpha value is -4.28. The molecule has 2 N–H and O–H groups in total. The summed E-state index contributed by atoms with van der Waals surface area (Å²) in [7, 11) is 2.98. The number of azide groups is 2. The molecule has 0 radical (unpaired) electrons. The minimum atomic E-state index is -1.58. The van der Waals surface area contributed by atoms with E-state index in [4.69, 9.17) is 37.9 Å². The zero-order valence-electron chi connectivity index (χ0n) is 28.2. The molecule has 2 heterocycles. The largest absolute Gasteiger partial charge is 0.497 e. The number of ether oxygens (including phenoxy) is 8. The molecule has 5 rings (SSSR count). The number of hydrogen-bond acceptors (Lipinski definition) is 12. The van der Waals surface area contributed by atoms with Crippen LogP contribution in [0, 0.1) is 0 Å². The first-order valence-corrected chi connectivity index (χ1v) is 16.4. The minimum Gasteiger partial charge on any atom is -0.497 e. The fourth-order valence-corrected chi connectivity index (χ4v) is 5.91. The van der Waals surface area contributed by atoms with Crippen molar-refractivity contribution in [2.75, 3.05) is 27.4 Å². The van der Waals surface area contributed by atoms with Crippen LogP contribution in [0.2, 0.25) is 0 Å². The lowest BCUT2D eigenvalue weighted by Crippen LogP contribution is -2.64. The molecule has 0 aliphatic carbocycles. The van der Waals surface area contributed by atoms with Crippen molar-refractivity contribution in [3.63, 3.8) is 0 Å². The predicted molar refractivity (Wildman–Crippen MR) is 181 cm³/mol. The van der Waals surface area contributed by atoms with Gasteiger partial charge in [0.15, 0.2) is 12.6 Å². The van der Waals surface area contributed by atoms with Crippen LogP contribution in [-0.4, -0.2) is 98.9 Å². The van der Waals surface area contributed by atoms with Gasteiger partial charge in [0.25, 0.3) is 0 Å². The number of rotatable bonds is 17. The first-order valence-electron chi connectivity index (χ1n) is 16.4. The Bertz CT molecular complexity index is 1580. The normalized spacial score (nSPS) is 29.0. The number of aliphatic hydroxyl groups is 2. The highest BCUT2D eigenvalue weighted by Gasteiger charge is 2.52. The minimum absolute atomic E-state index is 0.0293. The lowest BCUT2D eigenvalue weighted by atomic mass is 9.95. The van der Waals surface area contributed by atoms with Crippen LogP contribution in [0.5, 0.6) is 5.75 Å². The number of aliphatic hydroxyl groups excluding tert-OH is 2. The topological polar surface area (TPSA) is 212 Å². The van der Waals surface area contributed by atoms with Crippen LogP contribution in [0.4, 0.5) is 0 Å². The Morgan fingerprint density at radius 1 is 0.647 bits per heavy atom. The second-order valence-corrected chi connectivity index (χ2v) is 11.9. The maximum Gasteiger partial charge on any atom is 0.169 e. The molecule has 3 aromatic rings. The Balaban J connectivity index is 1.43. The Morgan fingerprint density at radius 2 is 1.20 bits per heavy atom.